The zero-order valence-electron chi connectivity index (χ0n) is 16.6. The number of carbonyl (C=O) groups excluding carboxylic acids is 1. The highest BCUT2D eigenvalue weighted by molar-refractivity contribution is 6.23. The summed E-state index contributed by atoms with van der Waals surface area (Å²) in [5, 5.41) is 0. The summed E-state index contributed by atoms with van der Waals surface area (Å²) in [5.41, 5.74) is 2.92. The number of carbonyl (C=O) groups is 1. The van der Waals surface area contributed by atoms with Crippen molar-refractivity contribution in [2.45, 2.75) is 26.2 Å². The third-order valence-electron chi connectivity index (χ3n) is 5.49. The van der Waals surface area contributed by atoms with Crippen molar-refractivity contribution >= 4 is 5.78 Å². The van der Waals surface area contributed by atoms with Crippen molar-refractivity contribution in [1.82, 2.24) is 4.90 Å². The van der Waals surface area contributed by atoms with Crippen molar-refractivity contribution in [3.63, 3.8) is 0 Å². The number of ketones is 1. The number of nitrogens with zero attached hydrogens (tertiary/aromatic N) is 1. The maximum Gasteiger partial charge on any atom is 0.194 e. The van der Waals surface area contributed by atoms with Gasteiger partial charge in [0.25, 0.3) is 0 Å². The van der Waals surface area contributed by atoms with E-state index in [2.05, 4.69) is 4.90 Å². The molecular formula is C23H27NO4. The van der Waals surface area contributed by atoms with E-state index in [4.69, 9.17) is 14.2 Å². The standard InChI is InChI=1S/C23H27NO4/c1-3-27-16-14-18-22(20(15-16)26-2)21-17(23(18)25)8-7-9-19(21)28-13-12-24-10-5-4-6-11-24/h7-9,14-15H,3-6,10-13H2,1-2H3. The summed E-state index contributed by atoms with van der Waals surface area (Å²) in [5.74, 6) is 2.02. The molecule has 5 nitrogen and oxygen atoms in total. The lowest BCUT2D eigenvalue weighted by molar-refractivity contribution is 0.104. The highest BCUT2D eigenvalue weighted by Gasteiger charge is 2.33. The minimum atomic E-state index is -0.00802. The van der Waals surface area contributed by atoms with Gasteiger partial charge in [0.2, 0.25) is 0 Å². The third kappa shape index (κ3) is 3.47. The lowest BCUT2D eigenvalue weighted by Crippen LogP contribution is -2.33. The number of hydrogen-bond acceptors (Lipinski definition) is 5. The largest absolute Gasteiger partial charge is 0.496 e. The van der Waals surface area contributed by atoms with Gasteiger partial charge in [-0.05, 0) is 45.0 Å². The van der Waals surface area contributed by atoms with E-state index in [1.54, 1.807) is 13.2 Å². The second-order valence-corrected chi connectivity index (χ2v) is 7.24. The minimum absolute atomic E-state index is 0.00802. The summed E-state index contributed by atoms with van der Waals surface area (Å²) in [6, 6.07) is 9.33. The molecule has 0 unspecified atom stereocenters. The fraction of sp³-hybridized carbons (Fsp3) is 0.435. The van der Waals surface area contributed by atoms with E-state index in [0.717, 1.165) is 36.5 Å². The van der Waals surface area contributed by atoms with Gasteiger partial charge in [-0.25, -0.2) is 0 Å². The molecule has 0 bridgehead atoms. The Labute approximate surface area is 166 Å². The second-order valence-electron chi connectivity index (χ2n) is 7.24. The van der Waals surface area contributed by atoms with Crippen molar-refractivity contribution in [2.24, 2.45) is 0 Å². The molecule has 0 atom stereocenters. The maximum absolute atomic E-state index is 13.0. The number of likely N-dealkylation sites (tertiary alicyclic amines) is 1. The van der Waals surface area contributed by atoms with Crippen LogP contribution >= 0.6 is 0 Å². The van der Waals surface area contributed by atoms with E-state index >= 15 is 0 Å². The molecule has 2 aromatic rings. The van der Waals surface area contributed by atoms with Gasteiger partial charge in [-0.15, -0.1) is 0 Å². The Balaban J connectivity index is 1.63. The molecule has 1 aliphatic carbocycles. The van der Waals surface area contributed by atoms with Gasteiger partial charge in [-0.3, -0.25) is 9.69 Å². The van der Waals surface area contributed by atoms with Crippen molar-refractivity contribution in [3.8, 4) is 28.4 Å². The molecule has 1 aliphatic heterocycles. The molecule has 2 aromatic carbocycles. The summed E-state index contributed by atoms with van der Waals surface area (Å²) in [4.78, 5) is 15.5. The van der Waals surface area contributed by atoms with Crippen molar-refractivity contribution in [3.05, 3.63) is 41.5 Å². The molecule has 1 heterocycles. The number of methoxy groups -OCH3 is 1. The number of rotatable bonds is 7. The summed E-state index contributed by atoms with van der Waals surface area (Å²) in [6.45, 7) is 6.26. The molecule has 0 radical (unpaired) electrons. The van der Waals surface area contributed by atoms with Crippen LogP contribution in [0.1, 0.15) is 42.1 Å². The zero-order valence-corrected chi connectivity index (χ0v) is 16.6. The van der Waals surface area contributed by atoms with Gasteiger partial charge in [0.05, 0.1) is 13.7 Å². The van der Waals surface area contributed by atoms with Crippen LogP contribution in [-0.4, -0.2) is 50.6 Å². The smallest absolute Gasteiger partial charge is 0.194 e. The van der Waals surface area contributed by atoms with Gasteiger partial charge in [-0.2, -0.15) is 0 Å². The van der Waals surface area contributed by atoms with Gasteiger partial charge in [0.15, 0.2) is 5.78 Å². The predicted octanol–water partition coefficient (Wildman–Crippen LogP) is 4.17. The lowest BCUT2D eigenvalue weighted by atomic mass is 10.0. The van der Waals surface area contributed by atoms with E-state index in [-0.39, 0.29) is 5.78 Å². The van der Waals surface area contributed by atoms with E-state index in [1.165, 1.54) is 19.3 Å². The molecule has 5 heteroatoms. The summed E-state index contributed by atoms with van der Waals surface area (Å²) in [6.07, 6.45) is 3.86. The average molecular weight is 381 g/mol. The van der Waals surface area contributed by atoms with Crippen LogP contribution in [-0.2, 0) is 0 Å². The number of ether oxygens (including phenoxy) is 3. The summed E-state index contributed by atoms with van der Waals surface area (Å²) >= 11 is 0. The number of hydrogen-bond donors (Lipinski definition) is 0. The Kier molecular flexibility index (Phi) is 5.53. The van der Waals surface area contributed by atoms with Crippen LogP contribution in [0, 0.1) is 0 Å². The minimum Gasteiger partial charge on any atom is -0.496 e. The quantitative estimate of drug-likeness (QED) is 0.615. The van der Waals surface area contributed by atoms with Crippen LogP contribution in [0.4, 0.5) is 0 Å². The molecule has 1 saturated heterocycles. The Bertz CT molecular complexity index is 871. The Morgan fingerprint density at radius 2 is 1.75 bits per heavy atom. The Morgan fingerprint density at radius 1 is 0.964 bits per heavy atom. The summed E-state index contributed by atoms with van der Waals surface area (Å²) < 4.78 is 17.4. The van der Waals surface area contributed by atoms with Crippen LogP contribution in [0.3, 0.4) is 0 Å². The van der Waals surface area contributed by atoms with E-state index < -0.39 is 0 Å². The molecule has 0 saturated carbocycles. The Morgan fingerprint density at radius 3 is 2.50 bits per heavy atom. The lowest BCUT2D eigenvalue weighted by Gasteiger charge is -2.26. The predicted molar refractivity (Wildman–Crippen MR) is 109 cm³/mol. The van der Waals surface area contributed by atoms with Gasteiger partial charge in [0.1, 0.15) is 23.9 Å². The molecule has 0 N–H and O–H groups in total. The third-order valence-corrected chi connectivity index (χ3v) is 5.49. The fourth-order valence-electron chi connectivity index (χ4n) is 4.15. The van der Waals surface area contributed by atoms with Gasteiger partial charge in [0, 0.05) is 34.9 Å². The molecule has 1 fully saturated rings. The van der Waals surface area contributed by atoms with Gasteiger partial charge < -0.3 is 14.2 Å². The first kappa shape index (κ1) is 18.8. The van der Waals surface area contributed by atoms with E-state index in [9.17, 15) is 4.79 Å². The van der Waals surface area contributed by atoms with Crippen LogP contribution in [0.5, 0.6) is 17.2 Å². The van der Waals surface area contributed by atoms with Crippen LogP contribution < -0.4 is 14.2 Å². The van der Waals surface area contributed by atoms with Gasteiger partial charge in [-0.1, -0.05) is 18.6 Å². The van der Waals surface area contributed by atoms with Crippen LogP contribution in [0.15, 0.2) is 30.3 Å². The molecule has 0 amide bonds. The Hall–Kier alpha value is -2.53. The van der Waals surface area contributed by atoms with Crippen molar-refractivity contribution in [2.75, 3.05) is 40.0 Å². The van der Waals surface area contributed by atoms with E-state index in [1.807, 2.05) is 31.2 Å². The molecule has 2 aliphatic rings. The van der Waals surface area contributed by atoms with Crippen LogP contribution in [0.25, 0.3) is 11.1 Å². The number of piperidine rings is 1. The molecule has 148 valence electrons. The van der Waals surface area contributed by atoms with E-state index in [0.29, 0.717) is 35.8 Å². The highest BCUT2D eigenvalue weighted by Crippen LogP contribution is 2.48. The summed E-state index contributed by atoms with van der Waals surface area (Å²) in [7, 11) is 1.62. The van der Waals surface area contributed by atoms with Crippen molar-refractivity contribution in [1.29, 1.82) is 0 Å². The number of benzene rings is 2. The first-order valence-corrected chi connectivity index (χ1v) is 10.1. The molecule has 4 rings (SSSR count). The molecule has 0 spiro atoms. The first-order chi connectivity index (χ1) is 13.7. The molecule has 0 aromatic heterocycles. The molecule has 28 heavy (non-hydrogen) atoms. The fourth-order valence-corrected chi connectivity index (χ4v) is 4.15. The number of fused-ring (bicyclic) bond motifs is 3. The first-order valence-electron chi connectivity index (χ1n) is 10.1. The highest BCUT2D eigenvalue weighted by atomic mass is 16.5. The maximum atomic E-state index is 13.0. The van der Waals surface area contributed by atoms with Crippen LogP contribution in [0.2, 0.25) is 0 Å². The SMILES string of the molecule is CCOc1cc(OC)c2c(c1)C(=O)c1cccc(OCCN3CCCCC3)c1-2. The van der Waals surface area contributed by atoms with Gasteiger partial charge >= 0.3 is 0 Å². The topological polar surface area (TPSA) is 48.0 Å². The second kappa shape index (κ2) is 8.23. The average Bonchev–Trinajstić information content (AvgIpc) is 3.02. The molecular weight excluding hydrogens is 354 g/mol. The zero-order chi connectivity index (χ0) is 19.5. The van der Waals surface area contributed by atoms with Crippen molar-refractivity contribution < 1.29 is 19.0 Å². The normalized spacial score (nSPS) is 15.9. The monoisotopic (exact) mass is 381 g/mol.